The molecule has 1 unspecified atom stereocenters. The fourth-order valence-electron chi connectivity index (χ4n) is 1.76. The van der Waals surface area contributed by atoms with E-state index in [2.05, 4.69) is 37.2 Å². The van der Waals surface area contributed by atoms with Gasteiger partial charge >= 0.3 is 0 Å². The van der Waals surface area contributed by atoms with E-state index < -0.39 is 0 Å². The highest BCUT2D eigenvalue weighted by molar-refractivity contribution is 9.10. The second kappa shape index (κ2) is 5.99. The first-order valence-electron chi connectivity index (χ1n) is 5.55. The molecule has 0 bridgehead atoms. The molecule has 0 saturated carbocycles. The molecule has 5 heteroatoms. The highest BCUT2D eigenvalue weighted by Gasteiger charge is 2.17. The number of benzene rings is 1. The van der Waals surface area contributed by atoms with Crippen LogP contribution in [0.1, 0.15) is 24.3 Å². The van der Waals surface area contributed by atoms with E-state index >= 15 is 0 Å². The van der Waals surface area contributed by atoms with Gasteiger partial charge in [0, 0.05) is 0 Å². The fourth-order valence-corrected chi connectivity index (χ4v) is 2.33. The van der Waals surface area contributed by atoms with Gasteiger partial charge in [-0.2, -0.15) is 0 Å². The molecule has 0 radical (unpaired) electrons. The van der Waals surface area contributed by atoms with E-state index in [9.17, 15) is 4.39 Å². The SMILES string of the molecule is CCNC(c1ccc(Br)c(F)c1)c1ccc(Br)o1. The van der Waals surface area contributed by atoms with Crippen LogP contribution in [0.5, 0.6) is 0 Å². The maximum absolute atomic E-state index is 13.6. The summed E-state index contributed by atoms with van der Waals surface area (Å²) < 4.78 is 20.3. The Morgan fingerprint density at radius 3 is 2.61 bits per heavy atom. The Morgan fingerprint density at radius 1 is 1.28 bits per heavy atom. The van der Waals surface area contributed by atoms with Gasteiger partial charge in [0.1, 0.15) is 11.6 Å². The van der Waals surface area contributed by atoms with Crippen molar-refractivity contribution in [2.75, 3.05) is 6.54 Å². The maximum atomic E-state index is 13.6. The smallest absolute Gasteiger partial charge is 0.169 e. The summed E-state index contributed by atoms with van der Waals surface area (Å²) in [4.78, 5) is 0. The second-order valence-electron chi connectivity index (χ2n) is 3.81. The fraction of sp³-hybridized carbons (Fsp3) is 0.231. The average Bonchev–Trinajstić information content (AvgIpc) is 2.76. The number of hydrogen-bond acceptors (Lipinski definition) is 2. The van der Waals surface area contributed by atoms with E-state index in [-0.39, 0.29) is 11.9 Å². The average molecular weight is 377 g/mol. The third-order valence-corrected chi connectivity index (χ3v) is 3.63. The third-order valence-electron chi connectivity index (χ3n) is 2.56. The lowest BCUT2D eigenvalue weighted by atomic mass is 10.0. The lowest BCUT2D eigenvalue weighted by Gasteiger charge is -2.16. The van der Waals surface area contributed by atoms with E-state index in [1.807, 2.05) is 25.1 Å². The Hall–Kier alpha value is -0.650. The van der Waals surface area contributed by atoms with Gasteiger partial charge in [0.05, 0.1) is 10.5 Å². The molecule has 0 fully saturated rings. The van der Waals surface area contributed by atoms with Gasteiger partial charge in [0.25, 0.3) is 0 Å². The molecule has 0 aliphatic heterocycles. The van der Waals surface area contributed by atoms with Gasteiger partial charge in [0.15, 0.2) is 4.67 Å². The van der Waals surface area contributed by atoms with Crippen LogP contribution in [0, 0.1) is 5.82 Å². The molecule has 2 rings (SSSR count). The van der Waals surface area contributed by atoms with Gasteiger partial charge in [-0.3, -0.25) is 0 Å². The van der Waals surface area contributed by atoms with Gasteiger partial charge in [-0.1, -0.05) is 13.0 Å². The van der Waals surface area contributed by atoms with Crippen molar-refractivity contribution in [2.24, 2.45) is 0 Å². The van der Waals surface area contributed by atoms with Crippen molar-refractivity contribution in [1.29, 1.82) is 0 Å². The first-order chi connectivity index (χ1) is 8.61. The summed E-state index contributed by atoms with van der Waals surface area (Å²) >= 11 is 6.43. The van der Waals surface area contributed by atoms with Crippen molar-refractivity contribution in [3.05, 3.63) is 56.6 Å². The molecule has 1 atom stereocenters. The second-order valence-corrected chi connectivity index (χ2v) is 5.44. The summed E-state index contributed by atoms with van der Waals surface area (Å²) in [6.07, 6.45) is 0. The Bertz CT molecular complexity index is 542. The first kappa shape index (κ1) is 13.8. The van der Waals surface area contributed by atoms with Gasteiger partial charge in [0.2, 0.25) is 0 Å². The molecule has 0 saturated heterocycles. The molecule has 0 amide bonds. The topological polar surface area (TPSA) is 25.2 Å². The van der Waals surface area contributed by atoms with Crippen LogP contribution in [-0.4, -0.2) is 6.54 Å². The minimum atomic E-state index is -0.277. The molecule has 1 N–H and O–H groups in total. The first-order valence-corrected chi connectivity index (χ1v) is 7.14. The number of hydrogen-bond donors (Lipinski definition) is 1. The summed E-state index contributed by atoms with van der Waals surface area (Å²) in [6, 6.07) is 8.63. The van der Waals surface area contributed by atoms with E-state index in [1.54, 1.807) is 6.07 Å². The third kappa shape index (κ3) is 3.02. The summed E-state index contributed by atoms with van der Waals surface area (Å²) in [5.41, 5.74) is 0.833. The van der Waals surface area contributed by atoms with E-state index in [0.717, 1.165) is 17.9 Å². The van der Waals surface area contributed by atoms with Gasteiger partial charge < -0.3 is 9.73 Å². The molecule has 0 aliphatic rings. The largest absolute Gasteiger partial charge is 0.452 e. The van der Waals surface area contributed by atoms with Crippen LogP contribution in [0.25, 0.3) is 0 Å². The Labute approximate surface area is 122 Å². The minimum absolute atomic E-state index is 0.149. The summed E-state index contributed by atoms with van der Waals surface area (Å²) in [5, 5.41) is 3.28. The zero-order valence-corrected chi connectivity index (χ0v) is 12.9. The standard InChI is InChI=1S/C13H12Br2FNO/c1-2-17-13(11-5-6-12(15)18-11)8-3-4-9(14)10(16)7-8/h3-7,13,17H,2H2,1H3. The van der Waals surface area contributed by atoms with Crippen LogP contribution in [0.2, 0.25) is 0 Å². The number of rotatable bonds is 4. The Balaban J connectivity index is 2.37. The summed E-state index contributed by atoms with van der Waals surface area (Å²) in [7, 11) is 0. The summed E-state index contributed by atoms with van der Waals surface area (Å²) in [5.74, 6) is 0.478. The van der Waals surface area contributed by atoms with Crippen LogP contribution >= 0.6 is 31.9 Å². The quantitative estimate of drug-likeness (QED) is 0.840. The molecule has 2 aromatic rings. The molecule has 1 aromatic heterocycles. The zero-order valence-electron chi connectivity index (χ0n) is 9.71. The van der Waals surface area contributed by atoms with Crippen molar-refractivity contribution in [2.45, 2.75) is 13.0 Å². The van der Waals surface area contributed by atoms with Crippen molar-refractivity contribution < 1.29 is 8.81 Å². The lowest BCUT2D eigenvalue weighted by molar-refractivity contribution is 0.436. The minimum Gasteiger partial charge on any atom is -0.452 e. The van der Waals surface area contributed by atoms with Crippen LogP contribution in [-0.2, 0) is 0 Å². The van der Waals surface area contributed by atoms with E-state index in [1.165, 1.54) is 6.07 Å². The van der Waals surface area contributed by atoms with Crippen LogP contribution in [0.3, 0.4) is 0 Å². The van der Waals surface area contributed by atoms with Crippen molar-refractivity contribution in [3.8, 4) is 0 Å². The van der Waals surface area contributed by atoms with Gasteiger partial charge in [-0.15, -0.1) is 0 Å². The molecular formula is C13H12Br2FNO. The van der Waals surface area contributed by atoms with Crippen LogP contribution < -0.4 is 5.32 Å². The number of nitrogens with one attached hydrogen (secondary N) is 1. The molecule has 1 heterocycles. The van der Waals surface area contributed by atoms with E-state index in [0.29, 0.717) is 9.14 Å². The van der Waals surface area contributed by atoms with Gasteiger partial charge in [-0.05, 0) is 68.2 Å². The van der Waals surface area contributed by atoms with Crippen molar-refractivity contribution in [3.63, 3.8) is 0 Å². The molecule has 2 nitrogen and oxygen atoms in total. The Kier molecular flexibility index (Phi) is 4.59. The maximum Gasteiger partial charge on any atom is 0.169 e. The molecule has 0 aliphatic carbocycles. The monoisotopic (exact) mass is 375 g/mol. The van der Waals surface area contributed by atoms with E-state index in [4.69, 9.17) is 4.42 Å². The number of furan rings is 1. The molecular weight excluding hydrogens is 365 g/mol. The molecule has 1 aromatic carbocycles. The van der Waals surface area contributed by atoms with Gasteiger partial charge in [-0.25, -0.2) is 4.39 Å². The van der Waals surface area contributed by atoms with Crippen LogP contribution in [0.15, 0.2) is 43.9 Å². The normalized spacial score (nSPS) is 12.7. The highest BCUT2D eigenvalue weighted by Crippen LogP contribution is 2.28. The highest BCUT2D eigenvalue weighted by atomic mass is 79.9. The van der Waals surface area contributed by atoms with Crippen molar-refractivity contribution in [1.82, 2.24) is 5.32 Å². The molecule has 0 spiro atoms. The predicted molar refractivity (Wildman–Crippen MR) is 76.0 cm³/mol. The van der Waals surface area contributed by atoms with Crippen molar-refractivity contribution >= 4 is 31.9 Å². The molecule has 18 heavy (non-hydrogen) atoms. The number of halogens is 3. The van der Waals surface area contributed by atoms with Crippen LogP contribution in [0.4, 0.5) is 4.39 Å². The summed E-state index contributed by atoms with van der Waals surface area (Å²) in [6.45, 7) is 2.76. The lowest BCUT2D eigenvalue weighted by Crippen LogP contribution is -2.21. The Morgan fingerprint density at radius 2 is 2.06 bits per heavy atom. The molecule has 96 valence electrons. The predicted octanol–water partition coefficient (Wildman–Crippen LogP) is 4.64. The zero-order chi connectivity index (χ0) is 13.1.